The van der Waals surface area contributed by atoms with E-state index in [-0.39, 0.29) is 30.6 Å². The average molecular weight is 316 g/mol. The van der Waals surface area contributed by atoms with Crippen LogP contribution in [0.25, 0.3) is 0 Å². The van der Waals surface area contributed by atoms with Gasteiger partial charge in [0.25, 0.3) is 0 Å². The van der Waals surface area contributed by atoms with Crippen molar-refractivity contribution in [1.82, 2.24) is 0 Å². The van der Waals surface area contributed by atoms with E-state index in [0.29, 0.717) is 23.7 Å². The molecule has 0 aromatic carbocycles. The highest BCUT2D eigenvalue weighted by Gasteiger charge is 2.55. The van der Waals surface area contributed by atoms with Crippen molar-refractivity contribution in [2.75, 3.05) is 0 Å². The van der Waals surface area contributed by atoms with Gasteiger partial charge in [-0.3, -0.25) is 0 Å². The first-order valence-electron chi connectivity index (χ1n) is 9.26. The quantitative estimate of drug-likeness (QED) is 0.716. The Labute approximate surface area is 146 Å². The number of rotatable bonds is 2. The Hall–Kier alpha value is 0.0499. The van der Waals surface area contributed by atoms with Crippen molar-refractivity contribution in [2.45, 2.75) is 96.9 Å². The maximum atomic E-state index is 5.85. The fourth-order valence-corrected chi connectivity index (χ4v) is 5.67. The van der Waals surface area contributed by atoms with Crippen molar-refractivity contribution in [1.29, 1.82) is 0 Å². The fourth-order valence-electron chi connectivity index (χ4n) is 5.67. The van der Waals surface area contributed by atoms with Gasteiger partial charge < -0.3 is 9.47 Å². The Morgan fingerprint density at radius 2 is 1.17 bits per heavy atom. The summed E-state index contributed by atoms with van der Waals surface area (Å²) >= 11 is 0. The molecule has 4 bridgehead atoms. The Morgan fingerprint density at radius 1 is 0.826 bits per heavy atom. The first kappa shape index (κ1) is 19.4. The molecular weight excluding hydrogens is 282 g/mol. The summed E-state index contributed by atoms with van der Waals surface area (Å²) in [6.45, 7) is 8.98. The smallest absolute Gasteiger partial charge is 0.109 e. The summed E-state index contributed by atoms with van der Waals surface area (Å²) < 4.78 is 11.6. The molecule has 2 heterocycles. The van der Waals surface area contributed by atoms with Gasteiger partial charge in [-0.1, -0.05) is 35.1 Å². The van der Waals surface area contributed by atoms with Crippen LogP contribution in [0.2, 0.25) is 0 Å². The molecule has 2 saturated heterocycles. The van der Waals surface area contributed by atoms with Crippen LogP contribution in [0.4, 0.5) is 0 Å². The standard InChI is InChI=1S/2C9H15BO.CH4/c2*1-3-9-5-4-7(6(9)2)8(10)11-9;/h2*6-8H,3-5H2,1-2H3;1H4/t6?,7-,8+,9-;6?,7-,8-,9-;/m01./s1. The zero-order valence-corrected chi connectivity index (χ0v) is 14.7. The zero-order valence-electron chi connectivity index (χ0n) is 14.7. The van der Waals surface area contributed by atoms with Crippen LogP contribution in [-0.2, 0) is 9.47 Å². The lowest BCUT2D eigenvalue weighted by Gasteiger charge is -2.30. The largest absolute Gasteiger partial charge is 0.381 e. The lowest BCUT2D eigenvalue weighted by atomic mass is 9.81. The Balaban J connectivity index is 0.000000160. The molecule has 8 atom stereocenters. The number of ether oxygens (including phenoxy) is 2. The van der Waals surface area contributed by atoms with Gasteiger partial charge in [0.05, 0.1) is 11.2 Å². The minimum absolute atomic E-state index is 0. The Kier molecular flexibility index (Phi) is 5.68. The predicted octanol–water partition coefficient (Wildman–Crippen LogP) is 4.05. The lowest BCUT2D eigenvalue weighted by Crippen LogP contribution is -2.32. The molecule has 128 valence electrons. The maximum absolute atomic E-state index is 5.85. The van der Waals surface area contributed by atoms with E-state index < -0.39 is 0 Å². The minimum atomic E-state index is 0. The summed E-state index contributed by atoms with van der Waals surface area (Å²) in [5.74, 6) is 2.63. The van der Waals surface area contributed by atoms with E-state index in [4.69, 9.17) is 25.2 Å². The summed E-state index contributed by atoms with van der Waals surface area (Å²) in [7, 11) is 11.7. The molecule has 2 nitrogen and oxygen atoms in total. The Morgan fingerprint density at radius 3 is 1.30 bits per heavy atom. The van der Waals surface area contributed by atoms with Gasteiger partial charge in [0.1, 0.15) is 15.7 Å². The van der Waals surface area contributed by atoms with Gasteiger partial charge in [0, 0.05) is 12.0 Å². The molecule has 2 unspecified atom stereocenters. The molecule has 2 aliphatic carbocycles. The summed E-state index contributed by atoms with van der Waals surface area (Å²) in [5, 5.41) is 0. The van der Waals surface area contributed by atoms with Crippen LogP contribution in [0.1, 0.15) is 73.6 Å². The lowest BCUT2D eigenvalue weighted by molar-refractivity contribution is -0.0491. The third-order valence-corrected chi connectivity index (χ3v) is 7.53. The highest BCUT2D eigenvalue weighted by Crippen LogP contribution is 2.53. The molecule has 2 saturated carbocycles. The second-order valence-electron chi connectivity index (χ2n) is 7.98. The van der Waals surface area contributed by atoms with Crippen molar-refractivity contribution >= 4 is 15.7 Å². The molecule has 4 heteroatoms. The molecule has 4 radical (unpaired) electrons. The van der Waals surface area contributed by atoms with Crippen molar-refractivity contribution in [3.63, 3.8) is 0 Å². The zero-order chi connectivity index (χ0) is 16.1. The normalized spacial score (nSPS) is 52.9. The topological polar surface area (TPSA) is 18.5 Å². The van der Waals surface area contributed by atoms with Gasteiger partial charge in [-0.2, -0.15) is 0 Å². The van der Waals surface area contributed by atoms with Gasteiger partial charge >= 0.3 is 0 Å². The maximum Gasteiger partial charge on any atom is 0.109 e. The van der Waals surface area contributed by atoms with E-state index in [2.05, 4.69) is 27.7 Å². The van der Waals surface area contributed by atoms with Gasteiger partial charge in [0.2, 0.25) is 0 Å². The Bertz CT molecular complexity index is 380. The van der Waals surface area contributed by atoms with Crippen molar-refractivity contribution in [3.05, 3.63) is 0 Å². The highest BCUT2D eigenvalue weighted by molar-refractivity contribution is 6.11. The number of hydrogen-bond acceptors (Lipinski definition) is 2. The van der Waals surface area contributed by atoms with E-state index in [1.165, 1.54) is 25.7 Å². The van der Waals surface area contributed by atoms with Crippen molar-refractivity contribution in [2.24, 2.45) is 23.7 Å². The van der Waals surface area contributed by atoms with Crippen LogP contribution in [0.3, 0.4) is 0 Å². The van der Waals surface area contributed by atoms with Crippen LogP contribution >= 0.6 is 0 Å². The average Bonchev–Trinajstić information content (AvgIpc) is 3.15. The third kappa shape index (κ3) is 2.82. The second-order valence-corrected chi connectivity index (χ2v) is 7.98. The molecule has 2 aliphatic heterocycles. The molecule has 4 rings (SSSR count). The number of fused-ring (bicyclic) bond motifs is 4. The van der Waals surface area contributed by atoms with E-state index >= 15 is 0 Å². The van der Waals surface area contributed by atoms with E-state index in [1.54, 1.807) is 0 Å². The first-order chi connectivity index (χ1) is 10.4. The summed E-state index contributed by atoms with van der Waals surface area (Å²) in [4.78, 5) is 0. The molecule has 4 fully saturated rings. The molecular formula is C19H34B2O2. The summed E-state index contributed by atoms with van der Waals surface area (Å²) in [6, 6.07) is 0.0531. The van der Waals surface area contributed by atoms with Gasteiger partial charge in [-0.05, 0) is 62.2 Å². The van der Waals surface area contributed by atoms with Gasteiger partial charge in [-0.25, -0.2) is 0 Å². The number of hydrogen-bond donors (Lipinski definition) is 0. The van der Waals surface area contributed by atoms with Crippen LogP contribution in [0, 0.1) is 23.7 Å². The molecule has 0 N–H and O–H groups in total. The van der Waals surface area contributed by atoms with Crippen LogP contribution in [0.15, 0.2) is 0 Å². The summed E-state index contributed by atoms with van der Waals surface area (Å²) in [5.41, 5.74) is 0.314. The molecule has 0 aromatic heterocycles. The molecule has 23 heavy (non-hydrogen) atoms. The van der Waals surface area contributed by atoms with Crippen LogP contribution in [-0.4, -0.2) is 38.9 Å². The first-order valence-corrected chi connectivity index (χ1v) is 9.26. The molecule has 4 aliphatic rings. The summed E-state index contributed by atoms with van der Waals surface area (Å²) in [6.07, 6.45) is 7.25. The molecule has 0 amide bonds. The van der Waals surface area contributed by atoms with Crippen LogP contribution < -0.4 is 0 Å². The van der Waals surface area contributed by atoms with Gasteiger partial charge in [-0.15, -0.1) is 0 Å². The van der Waals surface area contributed by atoms with E-state index in [0.717, 1.165) is 12.8 Å². The van der Waals surface area contributed by atoms with Crippen molar-refractivity contribution < 1.29 is 9.47 Å². The molecule has 0 aromatic rings. The predicted molar refractivity (Wildman–Crippen MR) is 97.8 cm³/mol. The van der Waals surface area contributed by atoms with Crippen LogP contribution in [0.5, 0.6) is 0 Å². The van der Waals surface area contributed by atoms with Crippen molar-refractivity contribution in [3.8, 4) is 0 Å². The third-order valence-electron chi connectivity index (χ3n) is 7.53. The van der Waals surface area contributed by atoms with E-state index in [9.17, 15) is 0 Å². The van der Waals surface area contributed by atoms with Gasteiger partial charge in [0.15, 0.2) is 0 Å². The fraction of sp³-hybridized carbons (Fsp3) is 1.00. The highest BCUT2D eigenvalue weighted by atomic mass is 16.5. The molecule has 0 spiro atoms. The monoisotopic (exact) mass is 316 g/mol. The van der Waals surface area contributed by atoms with E-state index in [1.807, 2.05) is 0 Å². The second kappa shape index (κ2) is 6.75. The minimum Gasteiger partial charge on any atom is -0.381 e. The SMILES string of the molecule is C.[B][C@@H]1O[C@@]2(CC)CC[C@H]1C2C.[B][C@@H]1O[C@]2(CC)CC[C@@H]1C2C.